The lowest BCUT2D eigenvalue weighted by Crippen LogP contribution is -2.23. The molecule has 196 valence electrons. The van der Waals surface area contributed by atoms with Gasteiger partial charge < -0.3 is 19.7 Å². The lowest BCUT2D eigenvalue weighted by Gasteiger charge is -2.12. The second-order valence-electron chi connectivity index (χ2n) is 8.86. The lowest BCUT2D eigenvalue weighted by molar-refractivity contribution is -0.117. The van der Waals surface area contributed by atoms with Gasteiger partial charge in [-0.1, -0.05) is 61.2 Å². The van der Waals surface area contributed by atoms with E-state index < -0.39 is 0 Å². The fourth-order valence-corrected chi connectivity index (χ4v) is 3.54. The zero-order valence-electron chi connectivity index (χ0n) is 22.1. The molecule has 6 heteroatoms. The van der Waals surface area contributed by atoms with Crippen LogP contribution in [0.1, 0.15) is 22.8 Å². The van der Waals surface area contributed by atoms with E-state index in [1.165, 1.54) is 0 Å². The maximum atomic E-state index is 12.7. The van der Waals surface area contributed by atoms with Crippen LogP contribution in [0.3, 0.4) is 0 Å². The number of carbonyl (C=O) groups is 2. The van der Waals surface area contributed by atoms with Crippen LogP contribution in [-0.4, -0.2) is 44.3 Å². The number of hydrogen-bond donors (Lipinski definition) is 1. The lowest BCUT2D eigenvalue weighted by atomic mass is 10.0. The number of ether oxygens (including phenoxy) is 2. The Morgan fingerprint density at radius 2 is 1.74 bits per heavy atom. The van der Waals surface area contributed by atoms with E-state index in [9.17, 15) is 9.59 Å². The van der Waals surface area contributed by atoms with Crippen molar-refractivity contribution in [1.29, 1.82) is 0 Å². The molecule has 0 heterocycles. The molecule has 3 rings (SSSR count). The second kappa shape index (κ2) is 14.4. The molecule has 1 amide bonds. The van der Waals surface area contributed by atoms with E-state index >= 15 is 0 Å². The Kier molecular flexibility index (Phi) is 10.6. The Labute approximate surface area is 224 Å². The summed E-state index contributed by atoms with van der Waals surface area (Å²) < 4.78 is 11.5. The molecule has 0 saturated carbocycles. The van der Waals surface area contributed by atoms with Crippen LogP contribution in [0.25, 0.3) is 11.1 Å². The first-order valence-corrected chi connectivity index (χ1v) is 12.4. The minimum absolute atomic E-state index is 0.212. The number of allylic oxidation sites excluding steroid dienone is 2. The molecule has 0 bridgehead atoms. The summed E-state index contributed by atoms with van der Waals surface area (Å²) in [5.74, 6) is 1.36. The highest BCUT2D eigenvalue weighted by molar-refractivity contribution is 5.96. The third-order valence-electron chi connectivity index (χ3n) is 5.69. The largest absolute Gasteiger partial charge is 0.492 e. The molecule has 0 radical (unpaired) electrons. The number of nitrogens with zero attached hydrogens (tertiary/aromatic N) is 1. The highest BCUT2D eigenvalue weighted by atomic mass is 16.5. The number of nitrogens with one attached hydrogen (secondary N) is 1. The molecule has 0 unspecified atom stereocenters. The van der Waals surface area contributed by atoms with Gasteiger partial charge in [-0.25, -0.2) is 0 Å². The highest BCUT2D eigenvalue weighted by Gasteiger charge is 2.07. The van der Waals surface area contributed by atoms with Gasteiger partial charge in [-0.3, -0.25) is 9.59 Å². The van der Waals surface area contributed by atoms with Crippen molar-refractivity contribution in [2.45, 2.75) is 13.5 Å². The summed E-state index contributed by atoms with van der Waals surface area (Å²) in [6, 6.07) is 23.0. The summed E-state index contributed by atoms with van der Waals surface area (Å²) in [6.07, 6.45) is 5.68. The number of hydrogen-bond acceptors (Lipinski definition) is 5. The molecular formula is C32H34N2O4. The Balaban J connectivity index is 1.54. The van der Waals surface area contributed by atoms with Crippen molar-refractivity contribution in [3.05, 3.63) is 120 Å². The maximum absolute atomic E-state index is 12.7. The van der Waals surface area contributed by atoms with Gasteiger partial charge in [0.2, 0.25) is 0 Å². The predicted molar refractivity (Wildman–Crippen MR) is 152 cm³/mol. The molecule has 1 N–H and O–H groups in total. The number of para-hydroxylation sites is 1. The molecule has 0 aromatic heterocycles. The fourth-order valence-electron chi connectivity index (χ4n) is 3.54. The van der Waals surface area contributed by atoms with E-state index in [4.69, 9.17) is 9.47 Å². The molecule has 0 aliphatic carbocycles. The van der Waals surface area contributed by atoms with Gasteiger partial charge in [0.25, 0.3) is 5.91 Å². The Morgan fingerprint density at radius 1 is 0.974 bits per heavy atom. The van der Waals surface area contributed by atoms with E-state index in [0.717, 1.165) is 35.3 Å². The molecule has 6 nitrogen and oxygen atoms in total. The quantitative estimate of drug-likeness (QED) is 0.136. The van der Waals surface area contributed by atoms with Crippen molar-refractivity contribution in [3.8, 4) is 22.6 Å². The third-order valence-corrected chi connectivity index (χ3v) is 5.69. The summed E-state index contributed by atoms with van der Waals surface area (Å²) >= 11 is 0. The van der Waals surface area contributed by atoms with Crippen molar-refractivity contribution in [2.24, 2.45) is 0 Å². The SMILES string of the molecule is C=C(/C=C\C(=C/C)C(=O)NCc1ccc(-c2cccc(OCCN(C)C)c2)cc1)Oc1ccccc1C=O. The van der Waals surface area contributed by atoms with Crippen LogP contribution < -0.4 is 14.8 Å². The average Bonchev–Trinajstić information content (AvgIpc) is 2.93. The first kappa shape index (κ1) is 28.2. The first-order chi connectivity index (χ1) is 18.4. The summed E-state index contributed by atoms with van der Waals surface area (Å²) in [5, 5.41) is 2.94. The van der Waals surface area contributed by atoms with Gasteiger partial charge in [-0.15, -0.1) is 0 Å². The predicted octanol–water partition coefficient (Wildman–Crippen LogP) is 5.82. The van der Waals surface area contributed by atoms with E-state index in [-0.39, 0.29) is 5.91 Å². The molecule has 0 saturated heterocycles. The standard InChI is InChI=1S/C32H34N2O4/c1-5-26(16-13-24(2)38-31-12-7-6-9-29(31)23-35)32(36)33-22-25-14-17-27(18-15-25)28-10-8-11-30(21-28)37-20-19-34(3)4/h5-18,21,23H,2,19-20,22H2,1,3-4H3,(H,33,36)/b16-13-,26-5+. The van der Waals surface area contributed by atoms with E-state index in [2.05, 4.69) is 22.9 Å². The highest BCUT2D eigenvalue weighted by Crippen LogP contribution is 2.24. The Bertz CT molecular complexity index is 1310. The van der Waals surface area contributed by atoms with Gasteiger partial charge in [0.1, 0.15) is 23.9 Å². The van der Waals surface area contributed by atoms with Crippen molar-refractivity contribution in [1.82, 2.24) is 10.2 Å². The average molecular weight is 511 g/mol. The van der Waals surface area contributed by atoms with Crippen molar-refractivity contribution in [3.63, 3.8) is 0 Å². The summed E-state index contributed by atoms with van der Waals surface area (Å²) in [5.41, 5.74) is 4.03. The molecular weight excluding hydrogens is 476 g/mol. The van der Waals surface area contributed by atoms with Crippen molar-refractivity contribution in [2.75, 3.05) is 27.2 Å². The zero-order chi connectivity index (χ0) is 27.3. The molecule has 0 fully saturated rings. The molecule has 3 aromatic rings. The van der Waals surface area contributed by atoms with Crippen molar-refractivity contribution < 1.29 is 19.1 Å². The summed E-state index contributed by atoms with van der Waals surface area (Å²) in [7, 11) is 4.04. The van der Waals surface area contributed by atoms with Gasteiger partial charge in [0, 0.05) is 18.7 Å². The maximum Gasteiger partial charge on any atom is 0.251 e. The van der Waals surface area contributed by atoms with Gasteiger partial charge in [-0.05, 0) is 74.1 Å². The number of amides is 1. The normalized spacial score (nSPS) is 11.4. The van der Waals surface area contributed by atoms with E-state index in [1.54, 1.807) is 49.4 Å². The molecule has 3 aromatic carbocycles. The first-order valence-electron chi connectivity index (χ1n) is 12.4. The second-order valence-corrected chi connectivity index (χ2v) is 8.86. The molecule has 0 aliphatic heterocycles. The van der Waals surface area contributed by atoms with Gasteiger partial charge >= 0.3 is 0 Å². The molecule has 0 aliphatic rings. The van der Waals surface area contributed by atoms with E-state index in [1.807, 2.05) is 56.6 Å². The number of likely N-dealkylation sites (N-methyl/N-ethyl adjacent to an activating group) is 1. The number of benzene rings is 3. The monoisotopic (exact) mass is 510 g/mol. The van der Waals surface area contributed by atoms with Crippen LogP contribution in [0.4, 0.5) is 0 Å². The van der Waals surface area contributed by atoms with Gasteiger partial charge in [0.15, 0.2) is 6.29 Å². The molecule has 38 heavy (non-hydrogen) atoms. The zero-order valence-corrected chi connectivity index (χ0v) is 22.1. The van der Waals surface area contributed by atoms with Crippen LogP contribution >= 0.6 is 0 Å². The van der Waals surface area contributed by atoms with Crippen molar-refractivity contribution >= 4 is 12.2 Å². The van der Waals surface area contributed by atoms with Crippen LogP contribution in [0, 0.1) is 0 Å². The topological polar surface area (TPSA) is 67.9 Å². The Hall–Kier alpha value is -4.42. The summed E-state index contributed by atoms with van der Waals surface area (Å²) in [4.78, 5) is 26.0. The molecule has 0 spiro atoms. The van der Waals surface area contributed by atoms with Crippen LogP contribution in [0.15, 0.2) is 109 Å². The number of carbonyl (C=O) groups excluding carboxylic acids is 2. The van der Waals surface area contributed by atoms with Crippen LogP contribution in [0.2, 0.25) is 0 Å². The van der Waals surface area contributed by atoms with E-state index in [0.29, 0.717) is 35.8 Å². The van der Waals surface area contributed by atoms with Gasteiger partial charge in [0.05, 0.1) is 5.56 Å². The summed E-state index contributed by atoms with van der Waals surface area (Å²) in [6.45, 7) is 7.52. The Morgan fingerprint density at radius 3 is 2.45 bits per heavy atom. The number of aldehydes is 1. The van der Waals surface area contributed by atoms with Crippen LogP contribution in [-0.2, 0) is 11.3 Å². The fraction of sp³-hybridized carbons (Fsp3) is 0.188. The van der Waals surface area contributed by atoms with Gasteiger partial charge in [-0.2, -0.15) is 0 Å². The third kappa shape index (κ3) is 8.61. The smallest absolute Gasteiger partial charge is 0.251 e. The number of rotatable bonds is 13. The minimum atomic E-state index is -0.212. The minimum Gasteiger partial charge on any atom is -0.492 e. The van der Waals surface area contributed by atoms with Crippen LogP contribution in [0.5, 0.6) is 11.5 Å². The molecule has 0 atom stereocenters.